The first-order chi connectivity index (χ1) is 10.8. The van der Waals surface area contributed by atoms with Crippen LogP contribution in [0.25, 0.3) is 32.7 Å². The summed E-state index contributed by atoms with van der Waals surface area (Å²) in [5, 5.41) is 1.12. The van der Waals surface area contributed by atoms with Crippen LogP contribution >= 0.6 is 11.3 Å². The van der Waals surface area contributed by atoms with Gasteiger partial charge in [-0.3, -0.25) is 4.98 Å². The van der Waals surface area contributed by atoms with E-state index in [4.69, 9.17) is 4.98 Å². The Bertz CT molecular complexity index is 931. The topological polar surface area (TPSA) is 38.7 Å². The Balaban J connectivity index is 1.90. The zero-order valence-electron chi connectivity index (χ0n) is 12.0. The fourth-order valence-corrected chi connectivity index (χ4v) is 3.62. The highest BCUT2D eigenvalue weighted by atomic mass is 32.1. The van der Waals surface area contributed by atoms with Crippen molar-refractivity contribution >= 4 is 21.6 Å². The quantitative estimate of drug-likeness (QED) is 0.537. The van der Waals surface area contributed by atoms with Gasteiger partial charge in [0.2, 0.25) is 0 Å². The van der Waals surface area contributed by atoms with Gasteiger partial charge in [0, 0.05) is 40.0 Å². The average Bonchev–Trinajstić information content (AvgIpc) is 2.91. The monoisotopic (exact) mass is 303 g/mol. The highest BCUT2D eigenvalue weighted by Gasteiger charge is 2.13. The predicted octanol–water partition coefficient (Wildman–Crippen LogP) is 4.73. The fraction of sp³-hybridized carbons (Fsp3) is 0.0556. The first-order valence-electron chi connectivity index (χ1n) is 7.05. The van der Waals surface area contributed by atoms with Gasteiger partial charge in [-0.05, 0) is 24.6 Å². The second-order valence-corrected chi connectivity index (χ2v) is 6.25. The van der Waals surface area contributed by atoms with Gasteiger partial charge in [-0.15, -0.1) is 11.3 Å². The largest absolute Gasteiger partial charge is 0.265 e. The van der Waals surface area contributed by atoms with Gasteiger partial charge >= 0.3 is 0 Å². The van der Waals surface area contributed by atoms with Gasteiger partial charge < -0.3 is 0 Å². The lowest BCUT2D eigenvalue weighted by molar-refractivity contribution is 1.22. The number of hydrogen-bond acceptors (Lipinski definition) is 4. The van der Waals surface area contributed by atoms with Crippen molar-refractivity contribution in [2.75, 3.05) is 0 Å². The summed E-state index contributed by atoms with van der Waals surface area (Å²) in [7, 11) is 0. The van der Waals surface area contributed by atoms with Crippen LogP contribution in [0.15, 0.2) is 61.1 Å². The first kappa shape index (κ1) is 13.1. The van der Waals surface area contributed by atoms with E-state index >= 15 is 0 Å². The van der Waals surface area contributed by atoms with Crippen LogP contribution in [-0.2, 0) is 0 Å². The number of nitrogens with zero attached hydrogens (tertiary/aromatic N) is 3. The molecule has 3 heterocycles. The number of pyridine rings is 1. The molecule has 0 aliphatic rings. The summed E-state index contributed by atoms with van der Waals surface area (Å²) >= 11 is 1.72. The molecule has 0 N–H and O–H groups in total. The minimum absolute atomic E-state index is 0.746. The summed E-state index contributed by atoms with van der Waals surface area (Å²) in [6.45, 7) is 2.14. The van der Waals surface area contributed by atoms with E-state index in [1.165, 1.54) is 16.0 Å². The molecule has 4 rings (SSSR count). The van der Waals surface area contributed by atoms with E-state index in [0.29, 0.717) is 0 Å². The van der Waals surface area contributed by atoms with Gasteiger partial charge in [-0.2, -0.15) is 0 Å². The van der Waals surface area contributed by atoms with E-state index < -0.39 is 0 Å². The van der Waals surface area contributed by atoms with Crippen LogP contribution in [-0.4, -0.2) is 15.0 Å². The summed E-state index contributed by atoms with van der Waals surface area (Å²) in [6.07, 6.45) is 5.46. The number of hydrogen-bond donors (Lipinski definition) is 0. The van der Waals surface area contributed by atoms with Crippen LogP contribution in [0.3, 0.4) is 0 Å². The number of aromatic nitrogens is 3. The third-order valence-electron chi connectivity index (χ3n) is 3.63. The maximum atomic E-state index is 4.73. The minimum atomic E-state index is 0.746. The predicted molar refractivity (Wildman–Crippen MR) is 90.8 cm³/mol. The van der Waals surface area contributed by atoms with Gasteiger partial charge in [0.1, 0.15) is 4.83 Å². The van der Waals surface area contributed by atoms with Crippen molar-refractivity contribution in [1.82, 2.24) is 15.0 Å². The molecule has 1 aromatic carbocycles. The van der Waals surface area contributed by atoms with E-state index in [0.717, 1.165) is 21.6 Å². The molecule has 22 heavy (non-hydrogen) atoms. The van der Waals surface area contributed by atoms with Gasteiger partial charge in [0.25, 0.3) is 0 Å². The van der Waals surface area contributed by atoms with Crippen LogP contribution in [0.1, 0.15) is 4.88 Å². The van der Waals surface area contributed by atoms with Crippen molar-refractivity contribution in [2.45, 2.75) is 6.92 Å². The molecular weight excluding hydrogens is 290 g/mol. The van der Waals surface area contributed by atoms with Gasteiger partial charge in [-0.25, -0.2) is 9.97 Å². The Morgan fingerprint density at radius 2 is 1.68 bits per heavy atom. The molecule has 0 saturated heterocycles. The fourth-order valence-electron chi connectivity index (χ4n) is 2.60. The van der Waals surface area contributed by atoms with Crippen molar-refractivity contribution in [3.8, 4) is 22.5 Å². The normalized spacial score (nSPS) is 11.0. The molecular formula is C18H13N3S. The third-order valence-corrected chi connectivity index (χ3v) is 4.64. The molecule has 0 aliphatic carbocycles. The molecule has 0 unspecified atom stereocenters. The Kier molecular flexibility index (Phi) is 3.16. The molecule has 0 amide bonds. The molecule has 4 aromatic rings. The summed E-state index contributed by atoms with van der Waals surface area (Å²) in [6, 6.07) is 14.3. The van der Waals surface area contributed by atoms with Crippen LogP contribution in [0.4, 0.5) is 0 Å². The molecule has 3 nitrogen and oxygen atoms in total. The second kappa shape index (κ2) is 5.31. The summed E-state index contributed by atoms with van der Waals surface area (Å²) in [5.41, 5.74) is 3.44. The Morgan fingerprint density at radius 3 is 2.45 bits per heavy atom. The Hall–Kier alpha value is -2.59. The van der Waals surface area contributed by atoms with Crippen molar-refractivity contribution in [3.63, 3.8) is 0 Å². The van der Waals surface area contributed by atoms with Crippen molar-refractivity contribution in [2.24, 2.45) is 0 Å². The molecule has 0 aliphatic heterocycles. The molecule has 3 aromatic heterocycles. The summed E-state index contributed by atoms with van der Waals surface area (Å²) in [4.78, 5) is 15.6. The molecule has 0 saturated carbocycles. The Morgan fingerprint density at radius 1 is 0.909 bits per heavy atom. The lowest BCUT2D eigenvalue weighted by Crippen LogP contribution is -1.88. The zero-order chi connectivity index (χ0) is 14.9. The molecule has 106 valence electrons. The SMILES string of the molecule is Cc1sc2nc(-c3ccncc3)ncc2c1-c1ccccc1. The third kappa shape index (κ3) is 2.18. The number of thiophene rings is 1. The van der Waals surface area contributed by atoms with E-state index in [2.05, 4.69) is 41.2 Å². The molecule has 0 atom stereocenters. The smallest absolute Gasteiger partial charge is 0.160 e. The van der Waals surface area contributed by atoms with Crippen molar-refractivity contribution in [1.29, 1.82) is 0 Å². The van der Waals surface area contributed by atoms with E-state index in [1.807, 2.05) is 24.4 Å². The molecule has 0 bridgehead atoms. The van der Waals surface area contributed by atoms with Crippen LogP contribution < -0.4 is 0 Å². The number of rotatable bonds is 2. The lowest BCUT2D eigenvalue weighted by atomic mass is 10.0. The Labute approximate surface area is 132 Å². The van der Waals surface area contributed by atoms with E-state index in [1.54, 1.807) is 23.7 Å². The number of benzene rings is 1. The van der Waals surface area contributed by atoms with Gasteiger partial charge in [0.05, 0.1) is 0 Å². The van der Waals surface area contributed by atoms with Gasteiger partial charge in [-0.1, -0.05) is 30.3 Å². The van der Waals surface area contributed by atoms with Crippen molar-refractivity contribution < 1.29 is 0 Å². The minimum Gasteiger partial charge on any atom is -0.265 e. The summed E-state index contributed by atoms with van der Waals surface area (Å²) in [5.74, 6) is 0.746. The lowest BCUT2D eigenvalue weighted by Gasteiger charge is -2.02. The highest BCUT2D eigenvalue weighted by Crippen LogP contribution is 2.37. The number of fused-ring (bicyclic) bond motifs is 1. The maximum absolute atomic E-state index is 4.73. The standard InChI is InChI=1S/C18H13N3S/c1-12-16(13-5-3-2-4-6-13)15-11-20-17(21-18(15)22-12)14-7-9-19-10-8-14/h2-11H,1H3. The van der Waals surface area contributed by atoms with E-state index in [9.17, 15) is 0 Å². The zero-order valence-corrected chi connectivity index (χ0v) is 12.8. The second-order valence-electron chi connectivity index (χ2n) is 5.05. The summed E-state index contributed by atoms with van der Waals surface area (Å²) < 4.78 is 0. The van der Waals surface area contributed by atoms with Gasteiger partial charge in [0.15, 0.2) is 5.82 Å². The first-order valence-corrected chi connectivity index (χ1v) is 7.86. The average molecular weight is 303 g/mol. The molecule has 0 radical (unpaired) electrons. The highest BCUT2D eigenvalue weighted by molar-refractivity contribution is 7.19. The van der Waals surface area contributed by atoms with Crippen LogP contribution in [0.2, 0.25) is 0 Å². The molecule has 4 heteroatoms. The van der Waals surface area contributed by atoms with Crippen LogP contribution in [0.5, 0.6) is 0 Å². The molecule has 0 spiro atoms. The number of aryl methyl sites for hydroxylation is 1. The van der Waals surface area contributed by atoms with E-state index in [-0.39, 0.29) is 0 Å². The maximum Gasteiger partial charge on any atom is 0.160 e. The molecule has 0 fully saturated rings. The van der Waals surface area contributed by atoms with Crippen LogP contribution in [0, 0.1) is 6.92 Å². The van der Waals surface area contributed by atoms with Crippen molar-refractivity contribution in [3.05, 3.63) is 65.9 Å².